The van der Waals surface area contributed by atoms with Gasteiger partial charge in [-0.3, -0.25) is 9.69 Å². The Balaban J connectivity index is 2.41. The summed E-state index contributed by atoms with van der Waals surface area (Å²) in [6.07, 6.45) is 1.76. The van der Waals surface area contributed by atoms with Crippen molar-refractivity contribution in [1.29, 1.82) is 0 Å². The van der Waals surface area contributed by atoms with E-state index in [1.165, 1.54) is 6.26 Å². The van der Waals surface area contributed by atoms with E-state index in [0.717, 1.165) is 13.1 Å². The van der Waals surface area contributed by atoms with Crippen molar-refractivity contribution >= 4 is 15.7 Å². The Kier molecular flexibility index (Phi) is 4.69. The molecule has 1 aliphatic rings. The van der Waals surface area contributed by atoms with Crippen LogP contribution in [0.2, 0.25) is 0 Å². The lowest BCUT2D eigenvalue weighted by molar-refractivity contribution is -0.123. The summed E-state index contributed by atoms with van der Waals surface area (Å²) >= 11 is 0. The number of piperazine rings is 1. The van der Waals surface area contributed by atoms with E-state index in [0.29, 0.717) is 19.5 Å². The van der Waals surface area contributed by atoms with Gasteiger partial charge in [-0.25, -0.2) is 8.42 Å². The van der Waals surface area contributed by atoms with Crippen molar-refractivity contribution in [2.24, 2.45) is 5.73 Å². The van der Waals surface area contributed by atoms with Gasteiger partial charge < -0.3 is 11.1 Å². The van der Waals surface area contributed by atoms with Crippen molar-refractivity contribution in [3.63, 3.8) is 0 Å². The zero-order chi connectivity index (χ0) is 12.2. The van der Waals surface area contributed by atoms with Crippen LogP contribution in [0.4, 0.5) is 0 Å². The topological polar surface area (TPSA) is 92.5 Å². The molecular weight excluding hydrogens is 230 g/mol. The van der Waals surface area contributed by atoms with Gasteiger partial charge in [0.25, 0.3) is 0 Å². The molecule has 94 valence electrons. The SMILES string of the molecule is CS(=O)(=O)CCCN1CCNCC1C(N)=O. The zero-order valence-corrected chi connectivity index (χ0v) is 10.3. The molecule has 16 heavy (non-hydrogen) atoms. The fourth-order valence-corrected chi connectivity index (χ4v) is 2.48. The second kappa shape index (κ2) is 5.60. The molecule has 0 aliphatic carbocycles. The molecule has 3 N–H and O–H groups in total. The Bertz CT molecular complexity index is 342. The van der Waals surface area contributed by atoms with Gasteiger partial charge in [0.2, 0.25) is 5.91 Å². The first-order valence-corrected chi connectivity index (χ1v) is 7.38. The highest BCUT2D eigenvalue weighted by atomic mass is 32.2. The van der Waals surface area contributed by atoms with Gasteiger partial charge in [0.15, 0.2) is 0 Å². The van der Waals surface area contributed by atoms with Crippen LogP contribution in [0.5, 0.6) is 0 Å². The number of hydrogen-bond acceptors (Lipinski definition) is 5. The third kappa shape index (κ3) is 4.46. The highest BCUT2D eigenvalue weighted by Gasteiger charge is 2.26. The predicted molar refractivity (Wildman–Crippen MR) is 61.8 cm³/mol. The summed E-state index contributed by atoms with van der Waals surface area (Å²) in [6.45, 7) is 2.69. The highest BCUT2D eigenvalue weighted by Crippen LogP contribution is 2.04. The van der Waals surface area contributed by atoms with E-state index in [1.807, 2.05) is 4.90 Å². The van der Waals surface area contributed by atoms with Gasteiger partial charge in [-0.2, -0.15) is 0 Å². The molecule has 0 spiro atoms. The minimum atomic E-state index is -2.92. The molecule has 6 nitrogen and oxygen atoms in total. The Labute approximate surface area is 96.1 Å². The second-order valence-corrected chi connectivity index (χ2v) is 6.40. The quantitative estimate of drug-likeness (QED) is 0.598. The third-order valence-corrected chi connectivity index (χ3v) is 3.67. The summed E-state index contributed by atoms with van der Waals surface area (Å²) < 4.78 is 21.9. The van der Waals surface area contributed by atoms with Crippen LogP contribution < -0.4 is 11.1 Å². The maximum Gasteiger partial charge on any atom is 0.236 e. The van der Waals surface area contributed by atoms with E-state index in [-0.39, 0.29) is 17.7 Å². The minimum absolute atomic E-state index is 0.155. The number of primary amides is 1. The number of nitrogens with two attached hydrogens (primary N) is 1. The van der Waals surface area contributed by atoms with Gasteiger partial charge in [-0.15, -0.1) is 0 Å². The van der Waals surface area contributed by atoms with Gasteiger partial charge in [0.1, 0.15) is 15.9 Å². The molecule has 7 heteroatoms. The average Bonchev–Trinajstić information content (AvgIpc) is 2.16. The zero-order valence-electron chi connectivity index (χ0n) is 9.48. The average molecular weight is 249 g/mol. The van der Waals surface area contributed by atoms with Crippen LogP contribution in [0.1, 0.15) is 6.42 Å². The molecule has 1 aliphatic heterocycles. The maximum absolute atomic E-state index is 11.1. The van der Waals surface area contributed by atoms with Crippen molar-refractivity contribution in [3.05, 3.63) is 0 Å². The van der Waals surface area contributed by atoms with Crippen LogP contribution in [0, 0.1) is 0 Å². The third-order valence-electron chi connectivity index (χ3n) is 2.64. The first kappa shape index (κ1) is 13.4. The van der Waals surface area contributed by atoms with Crippen LogP contribution in [0.3, 0.4) is 0 Å². The van der Waals surface area contributed by atoms with Crippen LogP contribution in [0.25, 0.3) is 0 Å². The summed E-state index contributed by atoms with van der Waals surface area (Å²) in [5, 5.41) is 3.09. The summed E-state index contributed by atoms with van der Waals surface area (Å²) in [6, 6.07) is -0.312. The van der Waals surface area contributed by atoms with Gasteiger partial charge in [-0.05, 0) is 13.0 Å². The molecule has 1 unspecified atom stereocenters. The molecule has 1 saturated heterocycles. The number of rotatable bonds is 5. The lowest BCUT2D eigenvalue weighted by Crippen LogP contribution is -2.57. The maximum atomic E-state index is 11.1. The molecule has 0 radical (unpaired) electrons. The molecular formula is C9H19N3O3S. The highest BCUT2D eigenvalue weighted by molar-refractivity contribution is 7.90. The molecule has 1 amide bonds. The number of nitrogens with zero attached hydrogens (tertiary/aromatic N) is 1. The Morgan fingerprint density at radius 2 is 2.25 bits per heavy atom. The fraction of sp³-hybridized carbons (Fsp3) is 0.889. The first-order chi connectivity index (χ1) is 7.40. The first-order valence-electron chi connectivity index (χ1n) is 5.32. The molecule has 1 heterocycles. The number of sulfone groups is 1. The van der Waals surface area contributed by atoms with E-state index < -0.39 is 9.84 Å². The number of nitrogens with one attached hydrogen (secondary N) is 1. The summed E-state index contributed by atoms with van der Waals surface area (Å²) in [5.74, 6) is -0.200. The van der Waals surface area contributed by atoms with Gasteiger partial charge >= 0.3 is 0 Å². The van der Waals surface area contributed by atoms with Gasteiger partial charge in [0, 0.05) is 25.9 Å². The summed E-state index contributed by atoms with van der Waals surface area (Å²) in [7, 11) is -2.92. The van der Waals surface area contributed by atoms with E-state index in [1.54, 1.807) is 0 Å². The summed E-state index contributed by atoms with van der Waals surface area (Å²) in [5.41, 5.74) is 5.28. The molecule has 0 bridgehead atoms. The molecule has 1 fully saturated rings. The number of amides is 1. The van der Waals surface area contributed by atoms with Crippen molar-refractivity contribution < 1.29 is 13.2 Å². The van der Waals surface area contributed by atoms with E-state index in [2.05, 4.69) is 5.32 Å². The number of hydrogen-bond donors (Lipinski definition) is 2. The molecule has 1 atom stereocenters. The molecule has 0 aromatic carbocycles. The lowest BCUT2D eigenvalue weighted by atomic mass is 10.2. The van der Waals surface area contributed by atoms with Crippen molar-refractivity contribution in [3.8, 4) is 0 Å². The van der Waals surface area contributed by atoms with E-state index in [4.69, 9.17) is 5.73 Å². The van der Waals surface area contributed by atoms with E-state index >= 15 is 0 Å². The number of carbonyl (C=O) groups excluding carboxylic acids is 1. The molecule has 1 rings (SSSR count). The van der Waals surface area contributed by atoms with Gasteiger partial charge in [-0.1, -0.05) is 0 Å². The Morgan fingerprint density at radius 1 is 1.56 bits per heavy atom. The fourth-order valence-electron chi connectivity index (χ4n) is 1.82. The second-order valence-electron chi connectivity index (χ2n) is 4.14. The van der Waals surface area contributed by atoms with E-state index in [9.17, 15) is 13.2 Å². The smallest absolute Gasteiger partial charge is 0.236 e. The largest absolute Gasteiger partial charge is 0.368 e. The van der Waals surface area contributed by atoms with Crippen LogP contribution in [-0.4, -0.2) is 63.5 Å². The minimum Gasteiger partial charge on any atom is -0.368 e. The predicted octanol–water partition coefficient (Wildman–Crippen LogP) is -1.82. The van der Waals surface area contributed by atoms with Crippen LogP contribution in [-0.2, 0) is 14.6 Å². The normalized spacial score (nSPS) is 23.2. The van der Waals surface area contributed by atoms with Crippen LogP contribution >= 0.6 is 0 Å². The summed E-state index contributed by atoms with van der Waals surface area (Å²) in [4.78, 5) is 13.1. The molecule has 0 aromatic rings. The standard InChI is InChI=1S/C9H19N3O3S/c1-16(14,15)6-2-4-12-5-3-11-7-8(12)9(10)13/h8,11H,2-7H2,1H3,(H2,10,13). The van der Waals surface area contributed by atoms with Crippen LogP contribution in [0.15, 0.2) is 0 Å². The number of carbonyl (C=O) groups is 1. The van der Waals surface area contributed by atoms with Crippen molar-refractivity contribution in [1.82, 2.24) is 10.2 Å². The van der Waals surface area contributed by atoms with Crippen molar-refractivity contribution in [2.45, 2.75) is 12.5 Å². The monoisotopic (exact) mass is 249 g/mol. The Morgan fingerprint density at radius 3 is 2.81 bits per heavy atom. The lowest BCUT2D eigenvalue weighted by Gasteiger charge is -2.33. The Hall–Kier alpha value is -0.660. The molecule has 0 saturated carbocycles. The molecule has 0 aromatic heterocycles. The van der Waals surface area contributed by atoms with Gasteiger partial charge in [0.05, 0.1) is 5.75 Å². The van der Waals surface area contributed by atoms with Crippen molar-refractivity contribution in [2.75, 3.05) is 38.2 Å².